The topological polar surface area (TPSA) is 86.0 Å². The molecule has 5 rings (SSSR count). The number of carbonyl (C=O) groups excluding carboxylic acids is 2. The molecule has 7 heteroatoms. The summed E-state index contributed by atoms with van der Waals surface area (Å²) in [5.41, 5.74) is 2.94. The molecule has 0 spiro atoms. The lowest BCUT2D eigenvalue weighted by Crippen LogP contribution is -2.09. The minimum Gasteiger partial charge on any atom is -0.418 e. The molecule has 0 radical (unpaired) electrons. The number of rotatable bonds is 5. The van der Waals surface area contributed by atoms with Crippen LogP contribution in [0.1, 0.15) is 40.8 Å². The zero-order valence-corrected chi connectivity index (χ0v) is 16.3. The predicted octanol–water partition coefficient (Wildman–Crippen LogP) is 4.49. The number of carbonyl (C=O) groups is 2. The van der Waals surface area contributed by atoms with Gasteiger partial charge in [0.15, 0.2) is 5.01 Å². The van der Waals surface area contributed by atoms with Gasteiger partial charge < -0.3 is 4.42 Å². The summed E-state index contributed by atoms with van der Waals surface area (Å²) < 4.78 is 6.46. The van der Waals surface area contributed by atoms with E-state index >= 15 is 0 Å². The van der Waals surface area contributed by atoms with Crippen molar-refractivity contribution in [3.63, 3.8) is 0 Å². The first-order valence-electron chi connectivity index (χ1n) is 9.53. The van der Waals surface area contributed by atoms with E-state index < -0.39 is 0 Å². The maximum absolute atomic E-state index is 12.8. The molecule has 0 amide bonds. The summed E-state index contributed by atoms with van der Waals surface area (Å²) in [6, 6.07) is 16.0. The molecule has 1 aliphatic rings. The fourth-order valence-corrected chi connectivity index (χ4v) is 4.60. The van der Waals surface area contributed by atoms with Gasteiger partial charge in [0, 0.05) is 18.8 Å². The standard InChI is InChI=1S/C22H17N3O3S/c26-17-8-4-7-15(17)12-19-24-25-21(28-19)20(27)22-23-16-10-9-14(11-18(16)29-22)13-5-2-1-3-6-13/h1-3,5-6,9-11,15H,4,7-8,12H2/t15-/m0/s1. The number of fused-ring (bicyclic) bond motifs is 1. The first-order chi connectivity index (χ1) is 14.2. The molecule has 0 unspecified atom stereocenters. The molecule has 6 nitrogen and oxygen atoms in total. The number of Topliss-reactive ketones (excluding diaryl/α,β-unsaturated/α-hetero) is 1. The van der Waals surface area contributed by atoms with Crippen molar-refractivity contribution < 1.29 is 14.0 Å². The van der Waals surface area contributed by atoms with Crippen LogP contribution in [-0.4, -0.2) is 26.7 Å². The molecule has 1 saturated carbocycles. The minimum absolute atomic E-state index is 0.0720. The van der Waals surface area contributed by atoms with Gasteiger partial charge in [-0.25, -0.2) is 4.98 Å². The molecule has 0 saturated heterocycles. The summed E-state index contributed by atoms with van der Waals surface area (Å²) in [6.45, 7) is 0. The average molecular weight is 403 g/mol. The molecule has 4 aromatic rings. The van der Waals surface area contributed by atoms with Crippen molar-refractivity contribution in [1.29, 1.82) is 0 Å². The van der Waals surface area contributed by atoms with E-state index in [1.807, 2.05) is 48.5 Å². The van der Waals surface area contributed by atoms with Gasteiger partial charge in [-0.3, -0.25) is 9.59 Å². The Balaban J connectivity index is 1.39. The van der Waals surface area contributed by atoms with Crippen LogP contribution in [0, 0.1) is 5.92 Å². The Kier molecular flexibility index (Phi) is 4.52. The van der Waals surface area contributed by atoms with Crippen LogP contribution in [0.15, 0.2) is 52.9 Å². The molecule has 2 aromatic heterocycles. The molecule has 0 aliphatic heterocycles. The first-order valence-corrected chi connectivity index (χ1v) is 10.3. The lowest BCUT2D eigenvalue weighted by Gasteiger charge is -2.02. The van der Waals surface area contributed by atoms with E-state index in [0.717, 1.165) is 34.2 Å². The van der Waals surface area contributed by atoms with Crippen molar-refractivity contribution in [2.45, 2.75) is 25.7 Å². The molecule has 144 valence electrons. The predicted molar refractivity (Wildman–Crippen MR) is 109 cm³/mol. The molecule has 0 N–H and O–H groups in total. The Labute approximate surface area is 170 Å². The minimum atomic E-state index is -0.385. The second kappa shape index (κ2) is 7.33. The SMILES string of the molecule is O=C(c1nnc(C[C@@H]2CCCC2=O)o1)c1nc2ccc(-c3ccccc3)cc2s1. The van der Waals surface area contributed by atoms with E-state index in [4.69, 9.17) is 4.42 Å². The monoisotopic (exact) mass is 403 g/mol. The van der Waals surface area contributed by atoms with Gasteiger partial charge in [0.05, 0.1) is 10.2 Å². The Morgan fingerprint density at radius 1 is 1.10 bits per heavy atom. The fourth-order valence-electron chi connectivity index (χ4n) is 3.67. The van der Waals surface area contributed by atoms with Crippen LogP contribution in [0.25, 0.3) is 21.3 Å². The quantitative estimate of drug-likeness (QED) is 0.457. The van der Waals surface area contributed by atoms with Crippen LogP contribution in [0.4, 0.5) is 0 Å². The third kappa shape index (κ3) is 3.49. The van der Waals surface area contributed by atoms with E-state index in [1.54, 1.807) is 0 Å². The Bertz CT molecular complexity index is 1210. The van der Waals surface area contributed by atoms with Gasteiger partial charge >= 0.3 is 0 Å². The zero-order chi connectivity index (χ0) is 19.8. The lowest BCUT2D eigenvalue weighted by molar-refractivity contribution is -0.120. The van der Waals surface area contributed by atoms with Crippen LogP contribution in [0.3, 0.4) is 0 Å². The van der Waals surface area contributed by atoms with Gasteiger partial charge in [-0.15, -0.1) is 21.5 Å². The maximum Gasteiger partial charge on any atom is 0.291 e. The van der Waals surface area contributed by atoms with Gasteiger partial charge in [-0.2, -0.15) is 0 Å². The second-order valence-corrected chi connectivity index (χ2v) is 8.19. The number of thiazole rings is 1. The molecule has 29 heavy (non-hydrogen) atoms. The van der Waals surface area contributed by atoms with Crippen molar-refractivity contribution in [1.82, 2.24) is 15.2 Å². The highest BCUT2D eigenvalue weighted by molar-refractivity contribution is 7.20. The molecule has 1 atom stereocenters. The number of hydrogen-bond acceptors (Lipinski definition) is 7. The normalized spacial score (nSPS) is 16.6. The Hall–Kier alpha value is -3.19. The van der Waals surface area contributed by atoms with Crippen molar-refractivity contribution >= 4 is 33.1 Å². The van der Waals surface area contributed by atoms with Crippen LogP contribution < -0.4 is 0 Å². The van der Waals surface area contributed by atoms with Gasteiger partial charge in [0.2, 0.25) is 5.89 Å². The van der Waals surface area contributed by atoms with Crippen LogP contribution in [0.5, 0.6) is 0 Å². The Morgan fingerprint density at radius 3 is 2.76 bits per heavy atom. The Morgan fingerprint density at radius 2 is 1.97 bits per heavy atom. The summed E-state index contributed by atoms with van der Waals surface area (Å²) in [4.78, 5) is 29.0. The summed E-state index contributed by atoms with van der Waals surface area (Å²) in [6.07, 6.45) is 2.76. The molecular formula is C22H17N3O3S. The van der Waals surface area contributed by atoms with Crippen LogP contribution in [0.2, 0.25) is 0 Å². The average Bonchev–Trinajstić information content (AvgIpc) is 3.48. The largest absolute Gasteiger partial charge is 0.418 e. The number of benzene rings is 2. The molecule has 1 fully saturated rings. The molecule has 0 bridgehead atoms. The summed E-state index contributed by atoms with van der Waals surface area (Å²) in [5, 5.41) is 8.16. The van der Waals surface area contributed by atoms with E-state index in [9.17, 15) is 9.59 Å². The number of ketones is 2. The van der Waals surface area contributed by atoms with E-state index in [1.165, 1.54) is 11.3 Å². The number of aromatic nitrogens is 3. The van der Waals surface area contributed by atoms with Gasteiger partial charge in [-0.05, 0) is 36.1 Å². The van der Waals surface area contributed by atoms with E-state index in [0.29, 0.717) is 23.7 Å². The van der Waals surface area contributed by atoms with Crippen molar-refractivity contribution in [3.8, 4) is 11.1 Å². The van der Waals surface area contributed by atoms with Gasteiger partial charge in [-0.1, -0.05) is 36.4 Å². The highest BCUT2D eigenvalue weighted by Crippen LogP contribution is 2.29. The summed E-state index contributed by atoms with van der Waals surface area (Å²) >= 11 is 1.31. The lowest BCUT2D eigenvalue weighted by atomic mass is 10.0. The van der Waals surface area contributed by atoms with Crippen molar-refractivity contribution in [3.05, 3.63) is 65.3 Å². The first kappa shape index (κ1) is 17.9. The second-order valence-electron chi connectivity index (χ2n) is 7.16. The number of hydrogen-bond donors (Lipinski definition) is 0. The maximum atomic E-state index is 12.8. The van der Waals surface area contributed by atoms with E-state index in [-0.39, 0.29) is 23.4 Å². The van der Waals surface area contributed by atoms with Crippen molar-refractivity contribution in [2.75, 3.05) is 0 Å². The summed E-state index contributed by atoms with van der Waals surface area (Å²) in [5.74, 6) is 0.0338. The third-order valence-electron chi connectivity index (χ3n) is 5.20. The van der Waals surface area contributed by atoms with Crippen LogP contribution >= 0.6 is 11.3 Å². The molecular weight excluding hydrogens is 386 g/mol. The summed E-state index contributed by atoms with van der Waals surface area (Å²) in [7, 11) is 0. The highest BCUT2D eigenvalue weighted by Gasteiger charge is 2.28. The van der Waals surface area contributed by atoms with E-state index in [2.05, 4.69) is 15.2 Å². The zero-order valence-electron chi connectivity index (χ0n) is 15.5. The third-order valence-corrected chi connectivity index (χ3v) is 6.22. The fraction of sp³-hybridized carbons (Fsp3) is 0.227. The highest BCUT2D eigenvalue weighted by atomic mass is 32.1. The number of nitrogens with zero attached hydrogens (tertiary/aromatic N) is 3. The van der Waals surface area contributed by atoms with Crippen LogP contribution in [-0.2, 0) is 11.2 Å². The smallest absolute Gasteiger partial charge is 0.291 e. The molecule has 2 heterocycles. The van der Waals surface area contributed by atoms with Crippen molar-refractivity contribution in [2.24, 2.45) is 5.92 Å². The molecule has 1 aliphatic carbocycles. The molecule has 2 aromatic carbocycles. The van der Waals surface area contributed by atoms with Gasteiger partial charge in [0.25, 0.3) is 11.7 Å². The van der Waals surface area contributed by atoms with Gasteiger partial charge in [0.1, 0.15) is 5.78 Å².